The Morgan fingerprint density at radius 2 is 1.60 bits per heavy atom. The van der Waals surface area contributed by atoms with Gasteiger partial charge in [0.2, 0.25) is 0 Å². The van der Waals surface area contributed by atoms with E-state index in [4.69, 9.17) is 14.2 Å². The van der Waals surface area contributed by atoms with Crippen LogP contribution in [-0.4, -0.2) is 26.4 Å². The topological polar surface area (TPSA) is 69.2 Å². The van der Waals surface area contributed by atoms with E-state index in [9.17, 15) is 4.79 Å². The van der Waals surface area contributed by atoms with Crippen LogP contribution in [0.15, 0.2) is 84.0 Å². The van der Waals surface area contributed by atoms with E-state index < -0.39 is 5.97 Å². The lowest BCUT2D eigenvalue weighted by Crippen LogP contribution is -2.05. The number of hydrogen-bond acceptors (Lipinski definition) is 6. The van der Waals surface area contributed by atoms with Gasteiger partial charge < -0.3 is 14.2 Å². The van der Waals surface area contributed by atoms with E-state index in [1.165, 1.54) is 13.2 Å². The number of ether oxygens (including phenoxy) is 3. The van der Waals surface area contributed by atoms with Crippen molar-refractivity contribution in [3.8, 4) is 17.2 Å². The Kier molecular flexibility index (Phi) is 7.22. The second-order valence-electron chi connectivity index (χ2n) is 6.17. The molecule has 3 aromatic carbocycles. The molecule has 0 heterocycles. The van der Waals surface area contributed by atoms with Gasteiger partial charge in [0, 0.05) is 6.08 Å². The first-order chi connectivity index (χ1) is 14.7. The summed E-state index contributed by atoms with van der Waals surface area (Å²) < 4.78 is 15.9. The molecule has 0 aromatic heterocycles. The van der Waals surface area contributed by atoms with E-state index in [0.29, 0.717) is 11.5 Å². The molecule has 0 unspecified atom stereocenters. The molecular weight excluding hydrogens is 380 g/mol. The molecule has 0 bridgehead atoms. The number of nitrogens with one attached hydrogen (secondary N) is 1. The molecule has 0 saturated heterocycles. The quantitative estimate of drug-likeness (QED) is 0.193. The minimum Gasteiger partial charge on any atom is -0.497 e. The first kappa shape index (κ1) is 20.7. The van der Waals surface area contributed by atoms with Gasteiger partial charge in [0.15, 0.2) is 11.5 Å². The number of hydrogen-bond donors (Lipinski definition) is 1. The van der Waals surface area contributed by atoms with Crippen LogP contribution in [0.25, 0.3) is 6.08 Å². The fourth-order valence-electron chi connectivity index (χ4n) is 2.56. The number of hydrazone groups is 1. The summed E-state index contributed by atoms with van der Waals surface area (Å²) in [6.07, 6.45) is 4.69. The molecule has 0 aliphatic carbocycles. The van der Waals surface area contributed by atoms with Gasteiger partial charge >= 0.3 is 5.97 Å². The number of carbonyl (C=O) groups excluding carboxylic acids is 1. The highest BCUT2D eigenvalue weighted by atomic mass is 16.6. The molecule has 0 aliphatic heterocycles. The molecule has 0 atom stereocenters. The Bertz CT molecular complexity index is 1030. The van der Waals surface area contributed by atoms with Crippen molar-refractivity contribution in [1.82, 2.24) is 0 Å². The first-order valence-corrected chi connectivity index (χ1v) is 9.24. The zero-order valence-corrected chi connectivity index (χ0v) is 16.7. The van der Waals surface area contributed by atoms with Gasteiger partial charge in [-0.15, -0.1) is 0 Å². The lowest BCUT2D eigenvalue weighted by Gasteiger charge is -2.08. The number of benzene rings is 3. The zero-order chi connectivity index (χ0) is 21.2. The number of methoxy groups -OCH3 is 2. The van der Waals surface area contributed by atoms with E-state index in [-0.39, 0.29) is 0 Å². The Balaban J connectivity index is 1.62. The third-order valence-electron chi connectivity index (χ3n) is 4.11. The van der Waals surface area contributed by atoms with Crippen molar-refractivity contribution in [2.75, 3.05) is 19.6 Å². The maximum Gasteiger partial charge on any atom is 0.336 e. The van der Waals surface area contributed by atoms with Gasteiger partial charge in [-0.05, 0) is 59.7 Å². The number of nitrogens with zero attached hydrogens (tertiary/aromatic N) is 1. The molecule has 1 N–H and O–H groups in total. The van der Waals surface area contributed by atoms with Crippen LogP contribution >= 0.6 is 0 Å². The molecular formula is C24H22N2O4. The number of anilines is 1. The summed E-state index contributed by atoms with van der Waals surface area (Å²) in [7, 11) is 3.12. The lowest BCUT2D eigenvalue weighted by molar-refractivity contribution is -0.129. The maximum atomic E-state index is 12.2. The molecule has 0 saturated carbocycles. The van der Waals surface area contributed by atoms with Crippen molar-refractivity contribution in [2.45, 2.75) is 0 Å². The average Bonchev–Trinajstić information content (AvgIpc) is 2.79. The second kappa shape index (κ2) is 10.5. The smallest absolute Gasteiger partial charge is 0.336 e. The molecule has 3 rings (SSSR count). The fraction of sp³-hybridized carbons (Fsp3) is 0.0833. The molecule has 6 nitrogen and oxygen atoms in total. The molecule has 0 spiro atoms. The Morgan fingerprint density at radius 1 is 0.867 bits per heavy atom. The van der Waals surface area contributed by atoms with Crippen LogP contribution < -0.4 is 19.6 Å². The number of esters is 1. The van der Waals surface area contributed by atoms with Gasteiger partial charge in [-0.1, -0.05) is 30.3 Å². The summed E-state index contributed by atoms with van der Waals surface area (Å²) >= 11 is 0. The summed E-state index contributed by atoms with van der Waals surface area (Å²) in [5.74, 6) is 1.01. The molecule has 0 radical (unpaired) electrons. The Morgan fingerprint density at radius 3 is 2.30 bits per heavy atom. The average molecular weight is 402 g/mol. The van der Waals surface area contributed by atoms with E-state index in [1.54, 1.807) is 37.6 Å². The van der Waals surface area contributed by atoms with Gasteiger partial charge in [0.1, 0.15) is 5.75 Å². The van der Waals surface area contributed by atoms with Gasteiger partial charge in [-0.3, -0.25) is 5.43 Å². The van der Waals surface area contributed by atoms with Gasteiger partial charge in [-0.2, -0.15) is 5.10 Å². The van der Waals surface area contributed by atoms with E-state index in [2.05, 4.69) is 10.5 Å². The summed E-state index contributed by atoms with van der Waals surface area (Å²) in [5, 5.41) is 4.19. The third kappa shape index (κ3) is 5.97. The van der Waals surface area contributed by atoms with Crippen LogP contribution in [0.5, 0.6) is 17.2 Å². The number of para-hydroxylation sites is 1. The summed E-state index contributed by atoms with van der Waals surface area (Å²) in [6.45, 7) is 0. The van der Waals surface area contributed by atoms with Crippen molar-refractivity contribution in [3.63, 3.8) is 0 Å². The molecule has 0 fully saturated rings. The SMILES string of the molecule is COc1ccc(/C=C\C(=O)Oc2ccc(C=NNc3ccccc3)cc2OC)cc1. The molecule has 152 valence electrons. The second-order valence-corrected chi connectivity index (χ2v) is 6.17. The molecule has 0 aliphatic rings. The highest BCUT2D eigenvalue weighted by molar-refractivity contribution is 5.89. The summed E-state index contributed by atoms with van der Waals surface area (Å²) in [4.78, 5) is 12.2. The minimum atomic E-state index is -0.503. The van der Waals surface area contributed by atoms with Crippen molar-refractivity contribution in [3.05, 3.63) is 90.0 Å². The van der Waals surface area contributed by atoms with Crippen molar-refractivity contribution < 1.29 is 19.0 Å². The largest absolute Gasteiger partial charge is 0.497 e. The normalized spacial score (nSPS) is 10.9. The highest BCUT2D eigenvalue weighted by Crippen LogP contribution is 2.28. The summed E-state index contributed by atoms with van der Waals surface area (Å²) in [5.41, 5.74) is 5.48. The van der Waals surface area contributed by atoms with Gasteiger partial charge in [-0.25, -0.2) is 4.79 Å². The summed E-state index contributed by atoms with van der Waals surface area (Å²) in [6, 6.07) is 22.2. The van der Waals surface area contributed by atoms with Crippen LogP contribution in [0.2, 0.25) is 0 Å². The third-order valence-corrected chi connectivity index (χ3v) is 4.11. The number of carbonyl (C=O) groups is 1. The number of rotatable bonds is 8. The minimum absolute atomic E-state index is 0.329. The maximum absolute atomic E-state index is 12.2. The van der Waals surface area contributed by atoms with Gasteiger partial charge in [0.05, 0.1) is 26.1 Å². The van der Waals surface area contributed by atoms with Crippen LogP contribution in [-0.2, 0) is 4.79 Å². The molecule has 6 heteroatoms. The van der Waals surface area contributed by atoms with Crippen LogP contribution in [0.1, 0.15) is 11.1 Å². The predicted molar refractivity (Wildman–Crippen MR) is 118 cm³/mol. The Labute approximate surface area is 175 Å². The van der Waals surface area contributed by atoms with E-state index in [0.717, 1.165) is 22.6 Å². The lowest BCUT2D eigenvalue weighted by atomic mass is 10.2. The van der Waals surface area contributed by atoms with Crippen molar-refractivity contribution in [2.24, 2.45) is 5.10 Å². The van der Waals surface area contributed by atoms with Crippen LogP contribution in [0.3, 0.4) is 0 Å². The van der Waals surface area contributed by atoms with E-state index >= 15 is 0 Å². The zero-order valence-electron chi connectivity index (χ0n) is 16.7. The predicted octanol–water partition coefficient (Wildman–Crippen LogP) is 4.77. The highest BCUT2D eigenvalue weighted by Gasteiger charge is 2.08. The van der Waals surface area contributed by atoms with Gasteiger partial charge in [0.25, 0.3) is 0 Å². The van der Waals surface area contributed by atoms with Crippen LogP contribution in [0, 0.1) is 0 Å². The Hall–Kier alpha value is -4.06. The fourth-order valence-corrected chi connectivity index (χ4v) is 2.56. The van der Waals surface area contributed by atoms with Crippen LogP contribution in [0.4, 0.5) is 5.69 Å². The molecule has 30 heavy (non-hydrogen) atoms. The monoisotopic (exact) mass is 402 g/mol. The van der Waals surface area contributed by atoms with Crippen molar-refractivity contribution >= 4 is 23.9 Å². The van der Waals surface area contributed by atoms with E-state index in [1.807, 2.05) is 54.6 Å². The van der Waals surface area contributed by atoms with Crippen molar-refractivity contribution in [1.29, 1.82) is 0 Å². The molecule has 0 amide bonds. The molecule has 3 aromatic rings. The first-order valence-electron chi connectivity index (χ1n) is 9.24. The standard InChI is InChI=1S/C24H22N2O4/c1-28-21-12-8-18(9-13-21)11-15-24(27)30-22-14-10-19(16-23(22)29-2)17-25-26-20-6-4-3-5-7-20/h3-17,26H,1-2H3/b15-11-,25-17?.